The molecule has 0 aromatic heterocycles. The summed E-state index contributed by atoms with van der Waals surface area (Å²) in [6, 6.07) is 0.245. The van der Waals surface area contributed by atoms with E-state index in [1.54, 1.807) is 6.92 Å². The lowest BCUT2D eigenvalue weighted by Crippen LogP contribution is -2.41. The Kier molecular flexibility index (Phi) is 28.8. The zero-order valence-corrected chi connectivity index (χ0v) is 29.4. The van der Waals surface area contributed by atoms with E-state index in [4.69, 9.17) is 9.47 Å². The molecular weight excluding hydrogens is 559 g/mol. The van der Waals surface area contributed by atoms with E-state index < -0.39 is 12.1 Å². The molecule has 0 aliphatic rings. The molecule has 0 aliphatic carbocycles. The van der Waals surface area contributed by atoms with Crippen LogP contribution in [-0.4, -0.2) is 80.3 Å². The molecule has 0 heterocycles. The Bertz CT molecular complexity index is 706. The summed E-state index contributed by atoms with van der Waals surface area (Å²) < 4.78 is 23.8. The second kappa shape index (κ2) is 30.0. The highest BCUT2D eigenvalue weighted by atomic mass is 19.1. The molecule has 7 nitrogen and oxygen atoms in total. The smallest absolute Gasteiger partial charge is 0.340 e. The van der Waals surface area contributed by atoms with Gasteiger partial charge in [-0.25, -0.2) is 9.18 Å². The second-order valence-electron chi connectivity index (χ2n) is 12.6. The summed E-state index contributed by atoms with van der Waals surface area (Å²) in [7, 11) is 4.09. The molecule has 44 heavy (non-hydrogen) atoms. The first-order valence-corrected chi connectivity index (χ1v) is 18.2. The number of alkyl halides is 1. The standard InChI is InChI=1S/C36H69FN2O5/c1-6-9-10-11-12-14-19-25-32(26-20-16-17-21-27-33(37)36(42)44-8-3)39(34(40)28-24-30-38(4)5)31-23-18-13-15-22-29-35(41)43-7-2/h32-33H,6-31H2,1-5H3. The Morgan fingerprint density at radius 3 is 1.68 bits per heavy atom. The Labute approximate surface area is 270 Å². The lowest BCUT2D eigenvalue weighted by Gasteiger charge is -2.33. The summed E-state index contributed by atoms with van der Waals surface area (Å²) in [4.78, 5) is 41.1. The van der Waals surface area contributed by atoms with Gasteiger partial charge < -0.3 is 19.3 Å². The van der Waals surface area contributed by atoms with Crippen molar-refractivity contribution in [3.63, 3.8) is 0 Å². The van der Waals surface area contributed by atoms with Gasteiger partial charge in [0.2, 0.25) is 5.91 Å². The van der Waals surface area contributed by atoms with Gasteiger partial charge in [-0.2, -0.15) is 0 Å². The summed E-state index contributed by atoms with van der Waals surface area (Å²) in [5.41, 5.74) is 0. The number of hydrogen-bond acceptors (Lipinski definition) is 6. The fraction of sp³-hybridized carbons (Fsp3) is 0.917. The molecule has 0 radical (unpaired) electrons. The highest BCUT2D eigenvalue weighted by Gasteiger charge is 2.23. The SMILES string of the molecule is CCCCCCCCCC(CCCCCCC(F)C(=O)OCC)N(CCCCCCCC(=O)OCC)C(=O)CCCN(C)C. The molecule has 0 saturated carbocycles. The van der Waals surface area contributed by atoms with Gasteiger partial charge in [0.25, 0.3) is 0 Å². The number of halogens is 1. The number of unbranched alkanes of at least 4 members (excludes halogenated alkanes) is 13. The number of ether oxygens (including phenoxy) is 2. The minimum atomic E-state index is -1.53. The first-order chi connectivity index (χ1) is 21.3. The summed E-state index contributed by atoms with van der Waals surface area (Å²) in [6.45, 7) is 8.12. The first-order valence-electron chi connectivity index (χ1n) is 18.2. The Morgan fingerprint density at radius 1 is 0.591 bits per heavy atom. The van der Waals surface area contributed by atoms with Crippen LogP contribution in [0.4, 0.5) is 4.39 Å². The van der Waals surface area contributed by atoms with Crippen molar-refractivity contribution in [3.05, 3.63) is 0 Å². The van der Waals surface area contributed by atoms with Crippen LogP contribution >= 0.6 is 0 Å². The number of amides is 1. The number of carbonyl (C=O) groups excluding carboxylic acids is 3. The molecule has 0 aromatic rings. The molecule has 1 amide bonds. The average Bonchev–Trinajstić information content (AvgIpc) is 2.98. The highest BCUT2D eigenvalue weighted by Crippen LogP contribution is 2.22. The predicted molar refractivity (Wildman–Crippen MR) is 179 cm³/mol. The predicted octanol–water partition coefficient (Wildman–Crippen LogP) is 8.81. The molecular formula is C36H69FN2O5. The molecule has 0 bridgehead atoms. The largest absolute Gasteiger partial charge is 0.466 e. The van der Waals surface area contributed by atoms with Crippen LogP contribution < -0.4 is 0 Å². The van der Waals surface area contributed by atoms with Crippen LogP contribution in [0.2, 0.25) is 0 Å². The van der Waals surface area contributed by atoms with Crippen LogP contribution in [0.5, 0.6) is 0 Å². The molecule has 0 fully saturated rings. The van der Waals surface area contributed by atoms with E-state index in [9.17, 15) is 18.8 Å². The molecule has 2 unspecified atom stereocenters. The van der Waals surface area contributed by atoms with Gasteiger partial charge >= 0.3 is 11.9 Å². The fourth-order valence-electron chi connectivity index (χ4n) is 5.72. The first kappa shape index (κ1) is 42.3. The van der Waals surface area contributed by atoms with Crippen molar-refractivity contribution in [1.29, 1.82) is 0 Å². The van der Waals surface area contributed by atoms with Gasteiger partial charge in [-0.1, -0.05) is 90.4 Å². The van der Waals surface area contributed by atoms with Gasteiger partial charge in [0.05, 0.1) is 13.2 Å². The number of carbonyl (C=O) groups is 3. The van der Waals surface area contributed by atoms with Crippen LogP contribution in [0.1, 0.15) is 162 Å². The van der Waals surface area contributed by atoms with Gasteiger partial charge in [-0.3, -0.25) is 9.59 Å². The molecule has 0 aromatic carbocycles. The quantitative estimate of drug-likeness (QED) is 0.0564. The van der Waals surface area contributed by atoms with E-state index in [1.807, 2.05) is 21.0 Å². The van der Waals surface area contributed by atoms with E-state index in [2.05, 4.69) is 16.7 Å². The van der Waals surface area contributed by atoms with E-state index in [1.165, 1.54) is 38.5 Å². The maximum atomic E-state index is 14.0. The summed E-state index contributed by atoms with van der Waals surface area (Å²) >= 11 is 0. The van der Waals surface area contributed by atoms with Crippen molar-refractivity contribution in [1.82, 2.24) is 9.80 Å². The fourth-order valence-corrected chi connectivity index (χ4v) is 5.72. The van der Waals surface area contributed by atoms with Gasteiger partial charge in [-0.15, -0.1) is 0 Å². The van der Waals surface area contributed by atoms with E-state index in [-0.39, 0.29) is 30.9 Å². The zero-order chi connectivity index (χ0) is 32.8. The van der Waals surface area contributed by atoms with Gasteiger partial charge in [0.1, 0.15) is 0 Å². The van der Waals surface area contributed by atoms with E-state index >= 15 is 0 Å². The monoisotopic (exact) mass is 629 g/mol. The van der Waals surface area contributed by atoms with Gasteiger partial charge in [0.15, 0.2) is 6.17 Å². The van der Waals surface area contributed by atoms with Crippen molar-refractivity contribution in [2.24, 2.45) is 0 Å². The Hall–Kier alpha value is -1.70. The zero-order valence-electron chi connectivity index (χ0n) is 29.4. The third kappa shape index (κ3) is 24.6. The van der Waals surface area contributed by atoms with E-state index in [0.29, 0.717) is 25.9 Å². The Balaban J connectivity index is 5.04. The minimum Gasteiger partial charge on any atom is -0.466 e. The normalized spacial score (nSPS) is 12.7. The molecule has 8 heteroatoms. The van der Waals surface area contributed by atoms with Crippen molar-refractivity contribution in [3.8, 4) is 0 Å². The highest BCUT2D eigenvalue weighted by molar-refractivity contribution is 5.76. The topological polar surface area (TPSA) is 76.1 Å². The minimum absolute atomic E-state index is 0.112. The van der Waals surface area contributed by atoms with Crippen molar-refractivity contribution in [2.75, 3.05) is 40.4 Å². The lowest BCUT2D eigenvalue weighted by molar-refractivity contribution is -0.149. The van der Waals surface area contributed by atoms with Crippen LogP contribution in [-0.2, 0) is 23.9 Å². The second-order valence-corrected chi connectivity index (χ2v) is 12.6. The molecule has 0 rings (SSSR count). The van der Waals surface area contributed by atoms with Crippen LogP contribution in [0.3, 0.4) is 0 Å². The van der Waals surface area contributed by atoms with Gasteiger partial charge in [-0.05, 0) is 79.4 Å². The summed E-state index contributed by atoms with van der Waals surface area (Å²) in [6.07, 6.45) is 20.0. The molecule has 0 N–H and O–H groups in total. The number of rotatable bonds is 31. The molecule has 0 aliphatic heterocycles. The Morgan fingerprint density at radius 2 is 1.11 bits per heavy atom. The molecule has 0 spiro atoms. The molecule has 2 atom stereocenters. The van der Waals surface area contributed by atoms with Crippen molar-refractivity contribution >= 4 is 17.8 Å². The third-order valence-electron chi connectivity index (χ3n) is 8.27. The summed E-state index contributed by atoms with van der Waals surface area (Å²) in [5.74, 6) is -0.583. The maximum Gasteiger partial charge on any atom is 0.340 e. The lowest BCUT2D eigenvalue weighted by atomic mass is 9.97. The van der Waals surface area contributed by atoms with Crippen molar-refractivity contribution in [2.45, 2.75) is 174 Å². The van der Waals surface area contributed by atoms with Crippen LogP contribution in [0, 0.1) is 0 Å². The van der Waals surface area contributed by atoms with Crippen LogP contribution in [0.15, 0.2) is 0 Å². The number of hydrogen-bond donors (Lipinski definition) is 0. The van der Waals surface area contributed by atoms with Gasteiger partial charge in [0, 0.05) is 25.4 Å². The maximum absolute atomic E-state index is 14.0. The number of nitrogens with zero attached hydrogens (tertiary/aromatic N) is 2. The molecule has 0 saturated heterocycles. The third-order valence-corrected chi connectivity index (χ3v) is 8.27. The van der Waals surface area contributed by atoms with E-state index in [0.717, 1.165) is 90.1 Å². The van der Waals surface area contributed by atoms with Crippen LogP contribution in [0.25, 0.3) is 0 Å². The molecule has 260 valence electrons. The number of esters is 2. The summed E-state index contributed by atoms with van der Waals surface area (Å²) in [5, 5.41) is 0. The van der Waals surface area contributed by atoms with Crippen molar-refractivity contribution < 1.29 is 28.2 Å². The average molecular weight is 629 g/mol.